The van der Waals surface area contributed by atoms with Gasteiger partial charge in [0.1, 0.15) is 0 Å². The molecule has 316 valence electrons. The van der Waals surface area contributed by atoms with Crippen LogP contribution in [0.1, 0.15) is 278 Å². The van der Waals surface area contributed by atoms with Crippen molar-refractivity contribution in [3.05, 3.63) is 0 Å². The SMILES string of the molecule is CCCCCCCCC(C)C(CCCCCCCCCCCCCOC(=O)CCCCCCCCCCCCCC(=O)O)C(C)CCCCCCCC. The normalized spacial score (nSPS) is 13.3. The monoisotopic (exact) mass is 749 g/mol. The Kier molecular flexibility index (Phi) is 41.2. The molecule has 0 saturated carbocycles. The first-order valence-corrected chi connectivity index (χ1v) is 24.3. The molecule has 2 unspecified atom stereocenters. The summed E-state index contributed by atoms with van der Waals surface area (Å²) in [5.74, 6) is 2.04. The highest BCUT2D eigenvalue weighted by molar-refractivity contribution is 5.69. The van der Waals surface area contributed by atoms with Gasteiger partial charge in [-0.25, -0.2) is 0 Å². The molecule has 2 atom stereocenters. The fourth-order valence-corrected chi connectivity index (χ4v) is 8.52. The van der Waals surface area contributed by atoms with Crippen molar-refractivity contribution in [1.29, 1.82) is 0 Å². The lowest BCUT2D eigenvalue weighted by Crippen LogP contribution is -2.20. The van der Waals surface area contributed by atoms with Crippen LogP contribution in [-0.2, 0) is 14.3 Å². The smallest absolute Gasteiger partial charge is 0.305 e. The van der Waals surface area contributed by atoms with Crippen LogP contribution in [0.4, 0.5) is 0 Å². The second-order valence-electron chi connectivity index (χ2n) is 17.4. The molecule has 0 bridgehead atoms. The van der Waals surface area contributed by atoms with Crippen molar-refractivity contribution in [1.82, 2.24) is 0 Å². The summed E-state index contributed by atoms with van der Waals surface area (Å²) in [4.78, 5) is 22.6. The fourth-order valence-electron chi connectivity index (χ4n) is 8.52. The van der Waals surface area contributed by atoms with Gasteiger partial charge in [-0.1, -0.05) is 240 Å². The number of rotatable bonds is 44. The minimum absolute atomic E-state index is 0.00576. The molecule has 0 spiro atoms. The van der Waals surface area contributed by atoms with Crippen LogP contribution in [-0.4, -0.2) is 23.7 Å². The van der Waals surface area contributed by atoms with Gasteiger partial charge in [-0.3, -0.25) is 9.59 Å². The summed E-state index contributed by atoms with van der Waals surface area (Å²) in [6.45, 7) is 10.4. The Morgan fingerprint density at radius 1 is 0.396 bits per heavy atom. The molecule has 0 aliphatic rings. The fraction of sp³-hybridized carbons (Fsp3) is 0.959. The molecule has 0 aromatic rings. The van der Waals surface area contributed by atoms with Gasteiger partial charge < -0.3 is 9.84 Å². The number of carbonyl (C=O) groups excluding carboxylic acids is 1. The zero-order chi connectivity index (χ0) is 38.9. The molecular weight excluding hydrogens is 653 g/mol. The molecule has 0 fully saturated rings. The van der Waals surface area contributed by atoms with Gasteiger partial charge in [-0.15, -0.1) is 0 Å². The number of carboxylic acid groups (broad SMARTS) is 1. The summed E-state index contributed by atoms with van der Waals surface area (Å²) in [7, 11) is 0. The first kappa shape index (κ1) is 51.9. The van der Waals surface area contributed by atoms with Gasteiger partial charge in [0.25, 0.3) is 0 Å². The Bertz CT molecular complexity index is 729. The molecule has 0 aliphatic heterocycles. The third-order valence-electron chi connectivity index (χ3n) is 12.2. The van der Waals surface area contributed by atoms with E-state index in [-0.39, 0.29) is 5.97 Å². The number of carboxylic acids is 1. The van der Waals surface area contributed by atoms with Crippen molar-refractivity contribution in [3.63, 3.8) is 0 Å². The van der Waals surface area contributed by atoms with Gasteiger partial charge >= 0.3 is 11.9 Å². The Labute approximate surface area is 332 Å². The zero-order valence-corrected chi connectivity index (χ0v) is 36.7. The van der Waals surface area contributed by atoms with Crippen LogP contribution in [0.25, 0.3) is 0 Å². The molecule has 0 heterocycles. The molecule has 0 aromatic carbocycles. The highest BCUT2D eigenvalue weighted by Gasteiger charge is 2.23. The lowest BCUT2D eigenvalue weighted by molar-refractivity contribution is -0.144. The first-order valence-electron chi connectivity index (χ1n) is 24.3. The number of hydrogen-bond acceptors (Lipinski definition) is 3. The van der Waals surface area contributed by atoms with E-state index >= 15 is 0 Å². The molecular formula is C49H96O4. The summed E-state index contributed by atoms with van der Waals surface area (Å²) in [6, 6.07) is 0. The predicted octanol–water partition coefficient (Wildman–Crippen LogP) is 16.8. The zero-order valence-electron chi connectivity index (χ0n) is 36.7. The molecule has 53 heavy (non-hydrogen) atoms. The highest BCUT2D eigenvalue weighted by Crippen LogP contribution is 2.34. The van der Waals surface area contributed by atoms with Crippen LogP contribution >= 0.6 is 0 Å². The minimum atomic E-state index is -0.676. The van der Waals surface area contributed by atoms with Crippen molar-refractivity contribution in [2.24, 2.45) is 17.8 Å². The van der Waals surface area contributed by atoms with Gasteiger partial charge in [-0.05, 0) is 43.4 Å². The van der Waals surface area contributed by atoms with E-state index in [1.807, 2.05) is 0 Å². The molecule has 0 amide bonds. The molecule has 0 aliphatic carbocycles. The van der Waals surface area contributed by atoms with E-state index in [0.29, 0.717) is 19.4 Å². The van der Waals surface area contributed by atoms with Crippen LogP contribution in [0.3, 0.4) is 0 Å². The molecule has 1 N–H and O–H groups in total. The molecule has 0 aromatic heterocycles. The number of unbranched alkanes of at least 4 members (excludes halogenated alkanes) is 30. The molecule has 4 heteroatoms. The standard InChI is InChI=1S/C49H96O4/c1-5-7-9-11-27-33-39-45(3)47(46(4)40-34-28-12-10-8-6-2)41-35-29-23-19-15-14-18-22-26-32-38-44-53-49(52)43-37-31-25-21-17-13-16-20-24-30-36-42-48(50)51/h45-47H,5-44H2,1-4H3,(H,50,51). The maximum atomic E-state index is 12.1. The van der Waals surface area contributed by atoms with Crippen LogP contribution in [0.15, 0.2) is 0 Å². The van der Waals surface area contributed by atoms with Crippen LogP contribution in [0, 0.1) is 17.8 Å². The van der Waals surface area contributed by atoms with Gasteiger partial charge in [0, 0.05) is 12.8 Å². The summed E-state index contributed by atoms with van der Waals surface area (Å²) in [5.41, 5.74) is 0. The first-order chi connectivity index (χ1) is 25.9. The van der Waals surface area contributed by atoms with Crippen LogP contribution in [0.2, 0.25) is 0 Å². The summed E-state index contributed by atoms with van der Waals surface area (Å²) in [5, 5.41) is 8.67. The highest BCUT2D eigenvalue weighted by atomic mass is 16.5. The Balaban J connectivity index is 3.75. The maximum Gasteiger partial charge on any atom is 0.305 e. The van der Waals surface area contributed by atoms with Gasteiger partial charge in [0.15, 0.2) is 0 Å². The Morgan fingerprint density at radius 2 is 0.698 bits per heavy atom. The van der Waals surface area contributed by atoms with Gasteiger partial charge in [0.2, 0.25) is 0 Å². The summed E-state index contributed by atoms with van der Waals surface area (Å²) >= 11 is 0. The van der Waals surface area contributed by atoms with E-state index in [1.165, 1.54) is 199 Å². The third-order valence-corrected chi connectivity index (χ3v) is 12.2. The molecule has 0 saturated heterocycles. The quantitative estimate of drug-likeness (QED) is 0.0498. The van der Waals surface area contributed by atoms with E-state index in [9.17, 15) is 9.59 Å². The van der Waals surface area contributed by atoms with E-state index in [2.05, 4.69) is 27.7 Å². The Morgan fingerprint density at radius 3 is 1.08 bits per heavy atom. The number of aliphatic carboxylic acids is 1. The average molecular weight is 749 g/mol. The third kappa shape index (κ3) is 39.0. The van der Waals surface area contributed by atoms with Gasteiger partial charge in [-0.2, -0.15) is 0 Å². The minimum Gasteiger partial charge on any atom is -0.481 e. The molecule has 4 nitrogen and oxygen atoms in total. The van der Waals surface area contributed by atoms with E-state index in [1.54, 1.807) is 0 Å². The van der Waals surface area contributed by atoms with Crippen molar-refractivity contribution >= 4 is 11.9 Å². The lowest BCUT2D eigenvalue weighted by Gasteiger charge is -2.30. The van der Waals surface area contributed by atoms with Crippen molar-refractivity contribution < 1.29 is 19.4 Å². The maximum absolute atomic E-state index is 12.1. The lowest BCUT2D eigenvalue weighted by atomic mass is 9.75. The van der Waals surface area contributed by atoms with E-state index < -0.39 is 5.97 Å². The number of hydrogen-bond donors (Lipinski definition) is 1. The van der Waals surface area contributed by atoms with Crippen LogP contribution in [0.5, 0.6) is 0 Å². The van der Waals surface area contributed by atoms with E-state index in [4.69, 9.17) is 9.84 Å². The van der Waals surface area contributed by atoms with Crippen molar-refractivity contribution in [3.8, 4) is 0 Å². The number of ether oxygens (including phenoxy) is 1. The second kappa shape index (κ2) is 42.1. The number of esters is 1. The second-order valence-corrected chi connectivity index (χ2v) is 17.4. The predicted molar refractivity (Wildman–Crippen MR) is 232 cm³/mol. The largest absolute Gasteiger partial charge is 0.481 e. The van der Waals surface area contributed by atoms with E-state index in [0.717, 1.165) is 56.3 Å². The number of carbonyl (C=O) groups is 2. The van der Waals surface area contributed by atoms with Crippen molar-refractivity contribution in [2.75, 3.05) is 6.61 Å². The molecule has 0 rings (SSSR count). The van der Waals surface area contributed by atoms with Crippen LogP contribution < -0.4 is 0 Å². The topological polar surface area (TPSA) is 63.6 Å². The molecule has 0 radical (unpaired) electrons. The van der Waals surface area contributed by atoms with Gasteiger partial charge in [0.05, 0.1) is 6.61 Å². The summed E-state index contributed by atoms with van der Waals surface area (Å²) < 4.78 is 5.48. The van der Waals surface area contributed by atoms with Crippen molar-refractivity contribution in [2.45, 2.75) is 278 Å². The average Bonchev–Trinajstić information content (AvgIpc) is 3.14. The summed E-state index contributed by atoms with van der Waals surface area (Å²) in [6.07, 6.45) is 49.6. The Hall–Kier alpha value is -1.06.